The average Bonchev–Trinajstić information content (AvgIpc) is 3.28. The van der Waals surface area contributed by atoms with Crippen molar-refractivity contribution in [3.8, 4) is 17.1 Å². The van der Waals surface area contributed by atoms with Crippen LogP contribution in [0.2, 0.25) is 0 Å². The maximum absolute atomic E-state index is 12.4. The molecule has 3 heterocycles. The first kappa shape index (κ1) is 20.0. The molecule has 30 heavy (non-hydrogen) atoms. The third kappa shape index (κ3) is 5.40. The topological polar surface area (TPSA) is 103 Å². The van der Waals surface area contributed by atoms with Crippen LogP contribution < -0.4 is 10.1 Å². The van der Waals surface area contributed by atoms with Crippen molar-refractivity contribution in [1.82, 2.24) is 20.1 Å². The molecule has 0 atom stereocenters. The minimum absolute atomic E-state index is 0.181. The van der Waals surface area contributed by atoms with E-state index in [0.717, 1.165) is 5.56 Å². The van der Waals surface area contributed by atoms with E-state index in [1.807, 2.05) is 12.1 Å². The summed E-state index contributed by atoms with van der Waals surface area (Å²) in [5.74, 6) is 2.34. The Morgan fingerprint density at radius 2 is 1.97 bits per heavy atom. The molecule has 1 aliphatic carbocycles. The van der Waals surface area contributed by atoms with Crippen molar-refractivity contribution in [2.24, 2.45) is 5.92 Å². The molecular weight excluding hydrogens is 382 g/mol. The van der Waals surface area contributed by atoms with E-state index in [4.69, 9.17) is 9.26 Å². The highest BCUT2D eigenvalue weighted by molar-refractivity contribution is 5.91. The number of ether oxygens (including phenoxy) is 1. The van der Waals surface area contributed by atoms with Gasteiger partial charge in [0.15, 0.2) is 11.6 Å². The molecule has 4 rings (SSSR count). The quantitative estimate of drug-likeness (QED) is 0.600. The van der Waals surface area contributed by atoms with Crippen molar-refractivity contribution in [3.63, 3.8) is 0 Å². The highest BCUT2D eigenvalue weighted by Gasteiger charge is 2.16. The maximum Gasteiger partial charge on any atom is 0.227 e. The summed E-state index contributed by atoms with van der Waals surface area (Å²) in [5, 5.41) is 6.79. The monoisotopic (exact) mass is 407 g/mol. The molecule has 1 aliphatic rings. The zero-order valence-corrected chi connectivity index (χ0v) is 16.8. The number of amides is 1. The van der Waals surface area contributed by atoms with Crippen molar-refractivity contribution in [1.29, 1.82) is 0 Å². The number of carbonyl (C=O) groups excluding carboxylic acids is 1. The molecule has 3 aromatic rings. The Balaban J connectivity index is 1.29. The summed E-state index contributed by atoms with van der Waals surface area (Å²) in [6.07, 6.45) is 11.8. The Morgan fingerprint density at radius 3 is 2.80 bits per heavy atom. The van der Waals surface area contributed by atoms with Gasteiger partial charge in [0, 0.05) is 37.0 Å². The van der Waals surface area contributed by atoms with Crippen LogP contribution in [0.1, 0.15) is 44.4 Å². The SMILES string of the molecule is O=C(CCc1nc(-c2ccncc2)no1)Nc1ncccc1OCC1CCCCC1. The molecule has 1 fully saturated rings. The van der Waals surface area contributed by atoms with E-state index >= 15 is 0 Å². The van der Waals surface area contributed by atoms with E-state index in [1.54, 1.807) is 30.7 Å². The second-order valence-corrected chi connectivity index (χ2v) is 7.46. The summed E-state index contributed by atoms with van der Waals surface area (Å²) in [6, 6.07) is 7.25. The predicted octanol–water partition coefficient (Wildman–Crippen LogP) is 4.06. The van der Waals surface area contributed by atoms with Crippen LogP contribution in [0.25, 0.3) is 11.4 Å². The molecule has 0 saturated heterocycles. The van der Waals surface area contributed by atoms with E-state index < -0.39 is 0 Å². The molecule has 0 spiro atoms. The van der Waals surface area contributed by atoms with Gasteiger partial charge >= 0.3 is 0 Å². The van der Waals surface area contributed by atoms with Gasteiger partial charge in [-0.2, -0.15) is 4.98 Å². The van der Waals surface area contributed by atoms with E-state index in [2.05, 4.69) is 25.4 Å². The lowest BCUT2D eigenvalue weighted by atomic mass is 9.90. The summed E-state index contributed by atoms with van der Waals surface area (Å²) in [7, 11) is 0. The fourth-order valence-corrected chi connectivity index (χ4v) is 3.55. The smallest absolute Gasteiger partial charge is 0.227 e. The van der Waals surface area contributed by atoms with Crippen LogP contribution in [0.3, 0.4) is 0 Å². The molecule has 8 nitrogen and oxygen atoms in total. The number of pyridine rings is 2. The van der Waals surface area contributed by atoms with Crippen LogP contribution in [0.15, 0.2) is 47.4 Å². The maximum atomic E-state index is 12.4. The molecule has 0 aromatic carbocycles. The van der Waals surface area contributed by atoms with Gasteiger partial charge in [0.25, 0.3) is 0 Å². The summed E-state index contributed by atoms with van der Waals surface area (Å²) in [6.45, 7) is 0.661. The molecule has 0 bridgehead atoms. The summed E-state index contributed by atoms with van der Waals surface area (Å²) >= 11 is 0. The van der Waals surface area contributed by atoms with Gasteiger partial charge < -0.3 is 14.6 Å². The first-order chi connectivity index (χ1) is 14.8. The number of aromatic nitrogens is 4. The first-order valence-corrected chi connectivity index (χ1v) is 10.4. The molecule has 1 N–H and O–H groups in total. The van der Waals surface area contributed by atoms with Crippen LogP contribution in [0, 0.1) is 5.92 Å². The van der Waals surface area contributed by atoms with Crippen LogP contribution >= 0.6 is 0 Å². The lowest BCUT2D eigenvalue weighted by Gasteiger charge is -2.22. The highest BCUT2D eigenvalue weighted by Crippen LogP contribution is 2.27. The minimum atomic E-state index is -0.181. The standard InChI is InChI=1S/C22H25N5O3/c28-19(8-9-20-26-21(27-30-20)17-10-13-23-14-11-17)25-22-18(7-4-12-24-22)29-15-16-5-2-1-3-6-16/h4,7,10-14,16H,1-3,5-6,8-9,15H2,(H,24,25,28). The van der Waals surface area contributed by atoms with E-state index in [-0.39, 0.29) is 12.3 Å². The number of rotatable bonds is 8. The van der Waals surface area contributed by atoms with Crippen molar-refractivity contribution in [2.45, 2.75) is 44.9 Å². The molecular formula is C22H25N5O3. The van der Waals surface area contributed by atoms with Crippen molar-refractivity contribution < 1.29 is 14.1 Å². The zero-order valence-electron chi connectivity index (χ0n) is 16.8. The van der Waals surface area contributed by atoms with Gasteiger partial charge in [-0.05, 0) is 43.0 Å². The van der Waals surface area contributed by atoms with Crippen LogP contribution in [-0.2, 0) is 11.2 Å². The minimum Gasteiger partial charge on any atom is -0.489 e. The molecule has 0 unspecified atom stereocenters. The Hall–Kier alpha value is -3.29. The van der Waals surface area contributed by atoms with Gasteiger partial charge in [0.1, 0.15) is 0 Å². The van der Waals surface area contributed by atoms with E-state index in [0.29, 0.717) is 42.2 Å². The number of aryl methyl sites for hydroxylation is 1. The fraction of sp³-hybridized carbons (Fsp3) is 0.409. The lowest BCUT2D eigenvalue weighted by Crippen LogP contribution is -2.18. The Bertz CT molecular complexity index is 954. The molecule has 0 aliphatic heterocycles. The van der Waals surface area contributed by atoms with Crippen LogP contribution in [0.5, 0.6) is 5.75 Å². The van der Waals surface area contributed by atoms with Crippen molar-refractivity contribution >= 4 is 11.7 Å². The van der Waals surface area contributed by atoms with Gasteiger partial charge in [-0.25, -0.2) is 4.98 Å². The Kier molecular flexibility index (Phi) is 6.64. The third-order valence-corrected chi connectivity index (χ3v) is 5.20. The number of hydrogen-bond acceptors (Lipinski definition) is 7. The number of anilines is 1. The summed E-state index contributed by atoms with van der Waals surface area (Å²) in [5.41, 5.74) is 0.817. The Labute approximate surface area is 175 Å². The van der Waals surface area contributed by atoms with Crippen LogP contribution in [-0.4, -0.2) is 32.6 Å². The largest absolute Gasteiger partial charge is 0.489 e. The second kappa shape index (κ2) is 9.96. The number of hydrogen-bond donors (Lipinski definition) is 1. The van der Waals surface area contributed by atoms with Crippen LogP contribution in [0.4, 0.5) is 5.82 Å². The number of carbonyl (C=O) groups is 1. The normalized spacial score (nSPS) is 14.4. The highest BCUT2D eigenvalue weighted by atomic mass is 16.5. The van der Waals surface area contributed by atoms with Gasteiger partial charge in [-0.1, -0.05) is 24.4 Å². The molecule has 1 saturated carbocycles. The third-order valence-electron chi connectivity index (χ3n) is 5.20. The van der Waals surface area contributed by atoms with E-state index in [9.17, 15) is 4.79 Å². The molecule has 0 radical (unpaired) electrons. The van der Waals surface area contributed by atoms with Gasteiger partial charge in [-0.15, -0.1) is 0 Å². The van der Waals surface area contributed by atoms with Gasteiger partial charge in [0.05, 0.1) is 6.61 Å². The fourth-order valence-electron chi connectivity index (χ4n) is 3.55. The first-order valence-electron chi connectivity index (χ1n) is 10.4. The molecule has 1 amide bonds. The summed E-state index contributed by atoms with van der Waals surface area (Å²) in [4.78, 5) is 25.0. The zero-order chi connectivity index (χ0) is 20.6. The van der Waals surface area contributed by atoms with E-state index in [1.165, 1.54) is 32.1 Å². The lowest BCUT2D eigenvalue weighted by molar-refractivity contribution is -0.116. The van der Waals surface area contributed by atoms with Gasteiger partial charge in [-0.3, -0.25) is 9.78 Å². The average molecular weight is 407 g/mol. The summed E-state index contributed by atoms with van der Waals surface area (Å²) < 4.78 is 11.2. The predicted molar refractivity (Wildman–Crippen MR) is 111 cm³/mol. The van der Waals surface area contributed by atoms with Crippen molar-refractivity contribution in [2.75, 3.05) is 11.9 Å². The number of nitrogens with one attached hydrogen (secondary N) is 1. The molecule has 156 valence electrons. The van der Waals surface area contributed by atoms with Crippen molar-refractivity contribution in [3.05, 3.63) is 48.7 Å². The Morgan fingerprint density at radius 1 is 1.13 bits per heavy atom. The second-order valence-electron chi connectivity index (χ2n) is 7.46. The molecule has 3 aromatic heterocycles. The molecule has 8 heteroatoms. The van der Waals surface area contributed by atoms with Gasteiger partial charge in [0.2, 0.25) is 17.6 Å². The number of nitrogens with zero attached hydrogens (tertiary/aromatic N) is 4.